The van der Waals surface area contributed by atoms with Gasteiger partial charge in [-0.3, -0.25) is 4.18 Å². The van der Waals surface area contributed by atoms with Gasteiger partial charge in [-0.2, -0.15) is 0 Å². The molecule has 0 spiro atoms. The number of unbranched alkanes of at least 4 members (excludes halogenated alkanes) is 6. The van der Waals surface area contributed by atoms with E-state index in [1.165, 1.54) is 32.1 Å². The monoisotopic (exact) mass is 288 g/mol. The molecule has 0 rings (SSSR count). The zero-order valence-corrected chi connectivity index (χ0v) is 13.0. The fraction of sp³-hybridized carbons (Fsp3) is 1.00. The number of hydrogen-bond donors (Lipinski definition) is 0. The molecular weight excluding hydrogens is 263 g/mol. The zero-order valence-electron chi connectivity index (χ0n) is 12.2. The molecule has 7 heteroatoms. The Labute approximate surface area is 129 Å². The van der Waals surface area contributed by atoms with Crippen molar-refractivity contribution in [3.05, 3.63) is 0 Å². The Hall–Kier alpha value is 0.427. The first-order chi connectivity index (χ1) is 8.56. The SMILES string of the molecule is CCCCCCCCOCCCCOS(=O)(=O)[O-].[Li+]. The van der Waals surface area contributed by atoms with Crippen molar-refractivity contribution in [1.82, 2.24) is 0 Å². The van der Waals surface area contributed by atoms with E-state index in [1.54, 1.807) is 0 Å². The molecule has 0 amide bonds. The van der Waals surface area contributed by atoms with Gasteiger partial charge in [-0.25, -0.2) is 8.42 Å². The fourth-order valence-corrected chi connectivity index (χ4v) is 1.88. The first-order valence-electron chi connectivity index (χ1n) is 6.74. The van der Waals surface area contributed by atoms with Gasteiger partial charge >= 0.3 is 18.9 Å². The third kappa shape index (κ3) is 20.9. The first kappa shape index (κ1) is 21.7. The molecule has 0 aromatic heterocycles. The van der Waals surface area contributed by atoms with Crippen molar-refractivity contribution in [2.75, 3.05) is 19.8 Å². The third-order valence-corrected chi connectivity index (χ3v) is 3.01. The molecule has 0 atom stereocenters. The van der Waals surface area contributed by atoms with Crippen LogP contribution in [0.2, 0.25) is 0 Å². The molecule has 0 bridgehead atoms. The summed E-state index contributed by atoms with van der Waals surface area (Å²) in [6.45, 7) is 3.50. The van der Waals surface area contributed by atoms with Gasteiger partial charge < -0.3 is 9.29 Å². The van der Waals surface area contributed by atoms with E-state index >= 15 is 0 Å². The minimum Gasteiger partial charge on any atom is -0.726 e. The van der Waals surface area contributed by atoms with E-state index in [1.807, 2.05) is 0 Å². The average Bonchev–Trinajstić information content (AvgIpc) is 2.29. The Kier molecular flexibility index (Phi) is 17.0. The molecule has 19 heavy (non-hydrogen) atoms. The minimum absolute atomic E-state index is 0. The van der Waals surface area contributed by atoms with Gasteiger partial charge in [0.2, 0.25) is 10.4 Å². The van der Waals surface area contributed by atoms with E-state index < -0.39 is 10.4 Å². The van der Waals surface area contributed by atoms with Crippen molar-refractivity contribution in [1.29, 1.82) is 0 Å². The molecule has 0 aromatic rings. The van der Waals surface area contributed by atoms with Crippen LogP contribution in [0.3, 0.4) is 0 Å². The summed E-state index contributed by atoms with van der Waals surface area (Å²) in [6, 6.07) is 0. The molecule has 0 aromatic carbocycles. The van der Waals surface area contributed by atoms with Crippen LogP contribution in [-0.4, -0.2) is 32.8 Å². The maximum Gasteiger partial charge on any atom is 1.00 e. The second-order valence-electron chi connectivity index (χ2n) is 4.32. The minimum atomic E-state index is -4.53. The Morgan fingerprint density at radius 2 is 1.32 bits per heavy atom. The average molecular weight is 288 g/mol. The summed E-state index contributed by atoms with van der Waals surface area (Å²) in [4.78, 5) is 0. The van der Waals surface area contributed by atoms with Crippen molar-refractivity contribution < 1.29 is 40.8 Å². The molecule has 0 heterocycles. The maximum absolute atomic E-state index is 10.1. The molecule has 0 unspecified atom stereocenters. The first-order valence-corrected chi connectivity index (χ1v) is 8.07. The second kappa shape index (κ2) is 14.8. The van der Waals surface area contributed by atoms with Crippen LogP contribution >= 0.6 is 0 Å². The fourth-order valence-electron chi connectivity index (χ4n) is 1.55. The van der Waals surface area contributed by atoms with Crippen molar-refractivity contribution in [3.8, 4) is 0 Å². The largest absolute Gasteiger partial charge is 1.00 e. The number of ether oxygens (including phenoxy) is 1. The molecule has 110 valence electrons. The van der Waals surface area contributed by atoms with E-state index in [2.05, 4.69) is 11.1 Å². The quantitative estimate of drug-likeness (QED) is 0.200. The summed E-state index contributed by atoms with van der Waals surface area (Å²) in [5.74, 6) is 0. The topological polar surface area (TPSA) is 75.7 Å². The van der Waals surface area contributed by atoms with Crippen LogP contribution in [0.1, 0.15) is 58.3 Å². The van der Waals surface area contributed by atoms with E-state index in [4.69, 9.17) is 4.74 Å². The normalized spacial score (nSPS) is 11.3. The molecular formula is C12H25LiO5S. The van der Waals surface area contributed by atoms with Crippen molar-refractivity contribution in [2.45, 2.75) is 58.3 Å². The van der Waals surface area contributed by atoms with Crippen LogP contribution in [0.15, 0.2) is 0 Å². The Balaban J connectivity index is 0. The summed E-state index contributed by atoms with van der Waals surface area (Å²) in [5.41, 5.74) is 0. The Bertz CT molecular complexity index is 269. The van der Waals surface area contributed by atoms with Crippen molar-refractivity contribution in [3.63, 3.8) is 0 Å². The summed E-state index contributed by atoms with van der Waals surface area (Å²) >= 11 is 0. The molecule has 0 fully saturated rings. The van der Waals surface area contributed by atoms with Gasteiger partial charge in [0.05, 0.1) is 6.61 Å². The van der Waals surface area contributed by atoms with Crippen LogP contribution in [0, 0.1) is 0 Å². The van der Waals surface area contributed by atoms with Crippen molar-refractivity contribution >= 4 is 10.4 Å². The summed E-state index contributed by atoms with van der Waals surface area (Å²) in [7, 11) is -4.53. The third-order valence-electron chi connectivity index (χ3n) is 2.55. The Morgan fingerprint density at radius 3 is 1.89 bits per heavy atom. The van der Waals surface area contributed by atoms with Gasteiger partial charge in [-0.15, -0.1) is 0 Å². The van der Waals surface area contributed by atoms with E-state index in [0.717, 1.165) is 13.0 Å². The zero-order chi connectivity index (χ0) is 13.7. The molecule has 0 aliphatic carbocycles. The Morgan fingerprint density at radius 1 is 0.842 bits per heavy atom. The van der Waals surface area contributed by atoms with Gasteiger partial charge in [0, 0.05) is 13.2 Å². The van der Waals surface area contributed by atoms with Gasteiger partial charge in [-0.1, -0.05) is 39.0 Å². The standard InChI is InChI=1S/C12H26O5S.Li/c1-2-3-4-5-6-7-10-16-11-8-9-12-17-18(13,14)15;/h2-12H2,1H3,(H,13,14,15);/q;+1/p-1. The molecule has 0 aliphatic rings. The molecule has 0 aliphatic heterocycles. The molecule has 0 radical (unpaired) electrons. The van der Waals surface area contributed by atoms with Crippen LogP contribution in [0.4, 0.5) is 0 Å². The summed E-state index contributed by atoms with van der Waals surface area (Å²) in [5, 5.41) is 0. The van der Waals surface area contributed by atoms with Crippen molar-refractivity contribution in [2.24, 2.45) is 0 Å². The summed E-state index contributed by atoms with van der Waals surface area (Å²) in [6.07, 6.45) is 8.67. The molecule has 0 saturated heterocycles. The van der Waals surface area contributed by atoms with Crippen LogP contribution in [-0.2, 0) is 19.3 Å². The predicted molar refractivity (Wildman–Crippen MR) is 69.1 cm³/mol. The second-order valence-corrected chi connectivity index (χ2v) is 5.37. The van der Waals surface area contributed by atoms with E-state index in [0.29, 0.717) is 19.4 Å². The number of hydrogen-bond acceptors (Lipinski definition) is 5. The van der Waals surface area contributed by atoms with E-state index in [9.17, 15) is 13.0 Å². The van der Waals surface area contributed by atoms with Gasteiger partial charge in [0.1, 0.15) is 0 Å². The predicted octanol–water partition coefficient (Wildman–Crippen LogP) is -0.375. The van der Waals surface area contributed by atoms with Gasteiger partial charge in [0.25, 0.3) is 0 Å². The molecule has 0 N–H and O–H groups in total. The number of rotatable bonds is 13. The molecule has 5 nitrogen and oxygen atoms in total. The summed E-state index contributed by atoms with van der Waals surface area (Å²) < 4.78 is 39.8. The van der Waals surface area contributed by atoms with Crippen LogP contribution in [0.5, 0.6) is 0 Å². The maximum atomic E-state index is 10.1. The van der Waals surface area contributed by atoms with Gasteiger partial charge in [0.15, 0.2) is 0 Å². The van der Waals surface area contributed by atoms with Gasteiger partial charge in [-0.05, 0) is 19.3 Å². The van der Waals surface area contributed by atoms with Crippen LogP contribution < -0.4 is 18.9 Å². The molecule has 0 saturated carbocycles. The van der Waals surface area contributed by atoms with E-state index in [-0.39, 0.29) is 25.5 Å². The van der Waals surface area contributed by atoms with Crippen LogP contribution in [0.25, 0.3) is 0 Å². The smallest absolute Gasteiger partial charge is 0.726 e.